The van der Waals surface area contributed by atoms with Crippen molar-refractivity contribution in [1.29, 1.82) is 0 Å². The fourth-order valence-electron chi connectivity index (χ4n) is 9.77. The van der Waals surface area contributed by atoms with Gasteiger partial charge in [0.2, 0.25) is 0 Å². The molecule has 8 aromatic carbocycles. The third-order valence-electron chi connectivity index (χ3n) is 11.8. The third-order valence-corrected chi connectivity index (χ3v) is 16.7. The lowest BCUT2D eigenvalue weighted by Gasteiger charge is -2.45. The van der Waals surface area contributed by atoms with Crippen LogP contribution in [0.2, 0.25) is 0 Å². The molecule has 0 atom stereocenters. The highest BCUT2D eigenvalue weighted by Gasteiger charge is 2.51. The monoisotopic (exact) mass is 690 g/mol. The Labute approximate surface area is 312 Å². The Morgan fingerprint density at radius 3 is 1.66 bits per heavy atom. The maximum absolute atomic E-state index is 2.71. The van der Waals surface area contributed by atoms with Crippen molar-refractivity contribution in [2.75, 3.05) is 9.80 Å². The second-order valence-corrected chi connectivity index (χ2v) is 18.2. The van der Waals surface area contributed by atoms with Crippen LogP contribution in [-0.2, 0) is 0 Å². The summed E-state index contributed by atoms with van der Waals surface area (Å²) in [4.78, 5) is 5.04. The summed E-state index contributed by atoms with van der Waals surface area (Å²) in [7, 11) is -2.71. The first kappa shape index (κ1) is 30.3. The van der Waals surface area contributed by atoms with Gasteiger partial charge < -0.3 is 9.80 Å². The van der Waals surface area contributed by atoms with Gasteiger partial charge in [-0.15, -0.1) is 0 Å². The molecule has 0 fully saturated rings. The smallest absolute Gasteiger partial charge is 0.252 e. The summed E-state index contributed by atoms with van der Waals surface area (Å²) >= 11 is 0. The van der Waals surface area contributed by atoms with E-state index in [1.165, 1.54) is 87.9 Å². The van der Waals surface area contributed by atoms with E-state index in [2.05, 4.69) is 211 Å². The van der Waals surface area contributed by atoms with Crippen LogP contribution in [0.15, 0.2) is 194 Å². The molecular weight excluding hydrogens is 655 g/mol. The van der Waals surface area contributed by atoms with Gasteiger partial charge in [-0.25, -0.2) is 0 Å². The predicted octanol–water partition coefficient (Wildman–Crippen LogP) is 7.44. The van der Waals surface area contributed by atoms with Gasteiger partial charge in [0.1, 0.15) is 0 Å². The molecule has 2 nitrogen and oxygen atoms in total. The highest BCUT2D eigenvalue weighted by Crippen LogP contribution is 2.46. The zero-order chi connectivity index (χ0) is 35.1. The van der Waals surface area contributed by atoms with Crippen molar-refractivity contribution < 1.29 is 0 Å². The van der Waals surface area contributed by atoms with E-state index in [1.807, 2.05) is 0 Å². The molecule has 248 valence electrons. The first-order valence-electron chi connectivity index (χ1n) is 18.6. The van der Waals surface area contributed by atoms with Crippen molar-refractivity contribution in [3.63, 3.8) is 0 Å². The molecule has 0 saturated heterocycles. The van der Waals surface area contributed by atoms with Crippen molar-refractivity contribution in [2.45, 2.75) is 6.92 Å². The lowest BCUT2D eigenvalue weighted by Crippen LogP contribution is -2.73. The van der Waals surface area contributed by atoms with Crippen molar-refractivity contribution in [1.82, 2.24) is 0 Å². The van der Waals surface area contributed by atoms with E-state index in [1.54, 1.807) is 0 Å². The van der Waals surface area contributed by atoms with Crippen LogP contribution >= 0.6 is 0 Å². The second kappa shape index (κ2) is 11.6. The van der Waals surface area contributed by atoms with E-state index in [0.29, 0.717) is 0 Å². The van der Waals surface area contributed by atoms with E-state index in [0.717, 1.165) is 0 Å². The summed E-state index contributed by atoms with van der Waals surface area (Å²) in [5.74, 6) is 0. The quantitative estimate of drug-likeness (QED) is 0.177. The molecular formula is C49H35BN2Si. The normalized spacial score (nSPS) is 14.2. The molecule has 3 heterocycles. The lowest BCUT2D eigenvalue weighted by molar-refractivity contribution is 1.23. The van der Waals surface area contributed by atoms with E-state index >= 15 is 0 Å². The maximum Gasteiger partial charge on any atom is 0.252 e. The largest absolute Gasteiger partial charge is 0.311 e. The molecule has 3 aliphatic heterocycles. The average molecular weight is 691 g/mol. The molecule has 0 radical (unpaired) electrons. The number of hydrogen-bond donors (Lipinski definition) is 0. The van der Waals surface area contributed by atoms with Crippen molar-refractivity contribution in [3.05, 3.63) is 200 Å². The number of para-hydroxylation sites is 3. The van der Waals surface area contributed by atoms with Crippen molar-refractivity contribution in [3.8, 4) is 11.1 Å². The molecule has 11 rings (SSSR count). The van der Waals surface area contributed by atoms with Crippen molar-refractivity contribution in [2.24, 2.45) is 0 Å². The summed E-state index contributed by atoms with van der Waals surface area (Å²) in [6, 6.07) is 72.8. The number of fused-ring (bicyclic) bond motifs is 7. The van der Waals surface area contributed by atoms with Crippen LogP contribution in [0.1, 0.15) is 5.56 Å². The van der Waals surface area contributed by atoms with Gasteiger partial charge in [-0.2, -0.15) is 0 Å². The number of hydrogen-bond acceptors (Lipinski definition) is 2. The molecule has 0 saturated carbocycles. The Morgan fingerprint density at radius 1 is 0.415 bits per heavy atom. The number of anilines is 6. The minimum Gasteiger partial charge on any atom is -0.311 e. The Bertz CT molecular complexity index is 2660. The first-order chi connectivity index (χ1) is 26.2. The van der Waals surface area contributed by atoms with E-state index in [4.69, 9.17) is 0 Å². The van der Waals surface area contributed by atoms with Crippen LogP contribution in [0.25, 0.3) is 11.1 Å². The van der Waals surface area contributed by atoms with Gasteiger partial charge in [0, 0.05) is 34.1 Å². The van der Waals surface area contributed by atoms with Gasteiger partial charge >= 0.3 is 0 Å². The highest BCUT2D eigenvalue weighted by molar-refractivity contribution is 7.22. The molecule has 4 heteroatoms. The molecule has 8 aromatic rings. The van der Waals surface area contributed by atoms with Crippen LogP contribution in [-0.4, -0.2) is 14.8 Å². The summed E-state index contributed by atoms with van der Waals surface area (Å²) in [6.45, 7) is 2.33. The fourth-order valence-corrected chi connectivity index (χ4v) is 15.0. The Balaban J connectivity index is 1.29. The topological polar surface area (TPSA) is 6.48 Å². The van der Waals surface area contributed by atoms with Gasteiger partial charge in [0.05, 0.1) is 0 Å². The van der Waals surface area contributed by atoms with E-state index < -0.39 is 8.07 Å². The Kier molecular flexibility index (Phi) is 6.61. The first-order valence-corrected chi connectivity index (χ1v) is 20.6. The van der Waals surface area contributed by atoms with Gasteiger partial charge in [0.15, 0.2) is 8.07 Å². The third kappa shape index (κ3) is 4.16. The van der Waals surface area contributed by atoms with Crippen LogP contribution < -0.4 is 46.9 Å². The minimum absolute atomic E-state index is 0.0540. The van der Waals surface area contributed by atoms with E-state index in [-0.39, 0.29) is 6.71 Å². The van der Waals surface area contributed by atoms with Crippen LogP contribution in [0.3, 0.4) is 0 Å². The zero-order valence-electron chi connectivity index (χ0n) is 29.4. The SMILES string of the molecule is Cc1ccc2c3c1N(c1ccccc1)c1ccccc1B3c1cc3c(cc1N2c1ccccc1)-c1ccccc1[Si]3(c1ccccc1)c1ccccc1. The highest BCUT2D eigenvalue weighted by atomic mass is 28.3. The second-order valence-electron chi connectivity index (χ2n) is 14.5. The molecule has 0 spiro atoms. The number of nitrogens with zero attached hydrogens (tertiary/aromatic N) is 2. The van der Waals surface area contributed by atoms with Gasteiger partial charge in [-0.3, -0.25) is 0 Å². The zero-order valence-corrected chi connectivity index (χ0v) is 30.4. The minimum atomic E-state index is -2.71. The molecule has 53 heavy (non-hydrogen) atoms. The van der Waals surface area contributed by atoms with Crippen LogP contribution in [0, 0.1) is 6.92 Å². The van der Waals surface area contributed by atoms with E-state index in [9.17, 15) is 0 Å². The number of benzene rings is 8. The summed E-state index contributed by atoms with van der Waals surface area (Å²) in [6.07, 6.45) is 0. The van der Waals surface area contributed by atoms with Gasteiger partial charge in [-0.1, -0.05) is 152 Å². The van der Waals surface area contributed by atoms with Gasteiger partial charge in [-0.05, 0) is 103 Å². The standard InChI is InChI=1S/C49H35BN2Si/c1-34-30-31-44-48-49(34)52(36-20-8-3-9-21-36)43-28-16-15-27-41(43)50(48)42-33-47-40(32-45(42)51(44)35-18-6-2-7-19-35)39-26-14-17-29-46(39)53(47,37-22-10-4-11-23-37)38-24-12-5-13-25-38/h2-33H,1H3. The summed E-state index contributed by atoms with van der Waals surface area (Å²) < 4.78 is 0. The van der Waals surface area contributed by atoms with Gasteiger partial charge in [0.25, 0.3) is 6.71 Å². The van der Waals surface area contributed by atoms with Crippen LogP contribution in [0.5, 0.6) is 0 Å². The molecule has 0 aliphatic carbocycles. The lowest BCUT2D eigenvalue weighted by atomic mass is 9.33. The maximum atomic E-state index is 2.65. The molecule has 0 unspecified atom stereocenters. The fraction of sp³-hybridized carbons (Fsp3) is 0.0204. The molecule has 0 N–H and O–H groups in total. The average Bonchev–Trinajstić information content (AvgIpc) is 3.52. The molecule has 3 aliphatic rings. The molecule has 0 bridgehead atoms. The number of aryl methyl sites for hydroxylation is 1. The summed E-state index contributed by atoms with van der Waals surface area (Å²) in [5.41, 5.74) is 15.4. The Hall–Kier alpha value is -6.36. The molecule has 0 amide bonds. The van der Waals surface area contributed by atoms with Crippen LogP contribution in [0.4, 0.5) is 34.1 Å². The Morgan fingerprint density at radius 2 is 0.981 bits per heavy atom. The van der Waals surface area contributed by atoms with Crippen molar-refractivity contribution >= 4 is 86.0 Å². The summed E-state index contributed by atoms with van der Waals surface area (Å²) in [5, 5.41) is 5.78. The predicted molar refractivity (Wildman–Crippen MR) is 228 cm³/mol. The number of rotatable bonds is 4. The molecule has 0 aromatic heterocycles.